The first-order valence-corrected chi connectivity index (χ1v) is 5.23. The van der Waals surface area contributed by atoms with Crippen molar-refractivity contribution in [3.8, 4) is 0 Å². The molecular formula is C9H14N4O4. The highest BCUT2D eigenvalue weighted by atomic mass is 16.6. The predicted octanol–water partition coefficient (Wildman–Crippen LogP) is -1.08. The summed E-state index contributed by atoms with van der Waals surface area (Å²) in [7, 11) is 0. The van der Waals surface area contributed by atoms with Crippen molar-refractivity contribution < 1.29 is 19.3 Å². The number of aromatic nitrogens is 2. The van der Waals surface area contributed by atoms with Crippen LogP contribution in [-0.2, 0) is 4.74 Å². The Kier molecular flexibility index (Phi) is 2.99. The Hall–Kier alpha value is -1.67. The van der Waals surface area contributed by atoms with E-state index in [2.05, 4.69) is 20.3 Å². The Balaban J connectivity index is 1.95. The maximum atomic E-state index is 11.6. The third kappa shape index (κ3) is 2.22. The highest BCUT2D eigenvalue weighted by Gasteiger charge is 2.39. The van der Waals surface area contributed by atoms with Crippen LogP contribution in [-0.4, -0.2) is 46.2 Å². The smallest absolute Gasteiger partial charge is 0.277 e. The topological polar surface area (TPSA) is 124 Å². The second-order valence-electron chi connectivity index (χ2n) is 4.05. The van der Waals surface area contributed by atoms with Gasteiger partial charge in [0.05, 0.1) is 6.10 Å². The van der Waals surface area contributed by atoms with E-state index < -0.39 is 11.5 Å². The minimum atomic E-state index is -1.05. The Bertz CT molecular complexity index is 421. The lowest BCUT2D eigenvalue weighted by Gasteiger charge is -2.25. The van der Waals surface area contributed by atoms with E-state index >= 15 is 0 Å². The van der Waals surface area contributed by atoms with Crippen LogP contribution in [0.1, 0.15) is 23.8 Å². The molecule has 2 heterocycles. The Morgan fingerprint density at radius 1 is 1.71 bits per heavy atom. The highest BCUT2D eigenvalue weighted by molar-refractivity contribution is 5.96. The molecule has 0 bridgehead atoms. The minimum Gasteiger partial charge on any atom is -0.385 e. The third-order valence-electron chi connectivity index (χ3n) is 2.94. The molecule has 1 aromatic heterocycles. The number of rotatable bonds is 3. The van der Waals surface area contributed by atoms with E-state index in [1.165, 1.54) is 0 Å². The van der Waals surface area contributed by atoms with Gasteiger partial charge in [0.25, 0.3) is 5.91 Å². The number of carbonyl (C=O) groups is 1. The van der Waals surface area contributed by atoms with E-state index in [0.29, 0.717) is 13.0 Å². The SMILES string of the molecule is CC1OCCC1(O)CNC(=O)c1nonc1N. The van der Waals surface area contributed by atoms with Crippen molar-refractivity contribution >= 4 is 11.7 Å². The molecule has 1 aliphatic heterocycles. The third-order valence-corrected chi connectivity index (χ3v) is 2.94. The van der Waals surface area contributed by atoms with Crippen molar-refractivity contribution in [3.63, 3.8) is 0 Å². The normalized spacial score (nSPS) is 28.2. The molecule has 1 aromatic rings. The minimum absolute atomic E-state index is 0.0687. The number of nitrogens with zero attached hydrogens (tertiary/aromatic N) is 2. The zero-order valence-electron chi connectivity index (χ0n) is 9.34. The Morgan fingerprint density at radius 3 is 3.00 bits per heavy atom. The van der Waals surface area contributed by atoms with Gasteiger partial charge in [0.2, 0.25) is 11.5 Å². The summed E-state index contributed by atoms with van der Waals surface area (Å²) in [6.45, 7) is 2.30. The van der Waals surface area contributed by atoms with E-state index in [1.807, 2.05) is 0 Å². The van der Waals surface area contributed by atoms with Crippen LogP contribution in [0.2, 0.25) is 0 Å². The van der Waals surface area contributed by atoms with Crippen molar-refractivity contribution in [3.05, 3.63) is 5.69 Å². The molecule has 2 atom stereocenters. The standard InChI is InChI=1S/C9H14N4O4/c1-5-9(15,2-3-16-5)4-11-8(14)6-7(10)13-17-12-6/h5,15H,2-4H2,1H3,(H2,10,13)(H,11,14). The summed E-state index contributed by atoms with van der Waals surface area (Å²) in [4.78, 5) is 11.6. The van der Waals surface area contributed by atoms with Crippen LogP contribution in [0, 0.1) is 0 Å². The first-order valence-electron chi connectivity index (χ1n) is 5.23. The van der Waals surface area contributed by atoms with Gasteiger partial charge in [0.15, 0.2) is 0 Å². The molecule has 4 N–H and O–H groups in total. The van der Waals surface area contributed by atoms with E-state index in [1.54, 1.807) is 6.92 Å². The van der Waals surface area contributed by atoms with E-state index in [9.17, 15) is 9.90 Å². The monoisotopic (exact) mass is 242 g/mol. The molecule has 1 fully saturated rings. The largest absolute Gasteiger partial charge is 0.385 e. The van der Waals surface area contributed by atoms with E-state index in [0.717, 1.165) is 0 Å². The number of anilines is 1. The Labute approximate surface area is 97.1 Å². The van der Waals surface area contributed by atoms with Gasteiger partial charge in [-0.05, 0) is 17.2 Å². The molecule has 0 spiro atoms. The number of hydrogen-bond acceptors (Lipinski definition) is 7. The van der Waals surface area contributed by atoms with Gasteiger partial charge in [0.1, 0.15) is 5.60 Å². The van der Waals surface area contributed by atoms with E-state index in [4.69, 9.17) is 10.5 Å². The average molecular weight is 242 g/mol. The molecule has 94 valence electrons. The molecule has 0 aromatic carbocycles. The van der Waals surface area contributed by atoms with Gasteiger partial charge in [-0.2, -0.15) is 0 Å². The molecule has 8 nitrogen and oxygen atoms in total. The summed E-state index contributed by atoms with van der Waals surface area (Å²) in [6.07, 6.45) is 0.150. The predicted molar refractivity (Wildman–Crippen MR) is 56.0 cm³/mol. The van der Waals surface area contributed by atoms with Crippen molar-refractivity contribution in [1.29, 1.82) is 0 Å². The number of hydrogen-bond donors (Lipinski definition) is 3. The fourth-order valence-electron chi connectivity index (χ4n) is 1.67. The molecule has 8 heteroatoms. The molecule has 2 unspecified atom stereocenters. The fourth-order valence-corrected chi connectivity index (χ4v) is 1.67. The first kappa shape index (κ1) is 11.8. The van der Waals surface area contributed by atoms with Crippen LogP contribution in [0.4, 0.5) is 5.82 Å². The summed E-state index contributed by atoms with van der Waals surface area (Å²) >= 11 is 0. The summed E-state index contributed by atoms with van der Waals surface area (Å²) in [5, 5.41) is 19.3. The van der Waals surface area contributed by atoms with Crippen LogP contribution >= 0.6 is 0 Å². The molecule has 1 saturated heterocycles. The van der Waals surface area contributed by atoms with Crippen LogP contribution in [0.15, 0.2) is 4.63 Å². The lowest BCUT2D eigenvalue weighted by atomic mass is 9.97. The number of aliphatic hydroxyl groups is 1. The van der Waals surface area contributed by atoms with Gasteiger partial charge < -0.3 is 20.9 Å². The van der Waals surface area contributed by atoms with Gasteiger partial charge in [-0.25, -0.2) is 4.63 Å². The molecule has 1 amide bonds. The van der Waals surface area contributed by atoms with Gasteiger partial charge in [-0.3, -0.25) is 4.79 Å². The average Bonchev–Trinajstić information content (AvgIpc) is 2.84. The Morgan fingerprint density at radius 2 is 2.47 bits per heavy atom. The highest BCUT2D eigenvalue weighted by Crippen LogP contribution is 2.24. The van der Waals surface area contributed by atoms with Crippen LogP contribution in [0.25, 0.3) is 0 Å². The lowest BCUT2D eigenvalue weighted by molar-refractivity contribution is -0.0252. The van der Waals surface area contributed by atoms with Crippen molar-refractivity contribution in [2.75, 3.05) is 18.9 Å². The maximum Gasteiger partial charge on any atom is 0.277 e. The quantitative estimate of drug-likeness (QED) is 0.616. The van der Waals surface area contributed by atoms with Crippen molar-refractivity contribution in [2.24, 2.45) is 0 Å². The molecule has 1 aliphatic rings. The maximum absolute atomic E-state index is 11.6. The zero-order valence-corrected chi connectivity index (χ0v) is 9.34. The van der Waals surface area contributed by atoms with Gasteiger partial charge >= 0.3 is 0 Å². The molecule has 0 radical (unpaired) electrons. The van der Waals surface area contributed by atoms with Gasteiger partial charge in [0, 0.05) is 19.6 Å². The summed E-state index contributed by atoms with van der Waals surface area (Å²) in [5.74, 6) is -0.610. The summed E-state index contributed by atoms with van der Waals surface area (Å²) in [5.41, 5.74) is 4.23. The molecule has 0 aliphatic carbocycles. The number of amides is 1. The first-order chi connectivity index (χ1) is 8.03. The van der Waals surface area contributed by atoms with Crippen LogP contribution in [0.5, 0.6) is 0 Å². The van der Waals surface area contributed by atoms with Gasteiger partial charge in [-0.1, -0.05) is 0 Å². The second-order valence-corrected chi connectivity index (χ2v) is 4.05. The zero-order chi connectivity index (χ0) is 12.5. The number of nitrogens with two attached hydrogens (primary N) is 1. The fraction of sp³-hybridized carbons (Fsp3) is 0.667. The van der Waals surface area contributed by atoms with Gasteiger partial charge in [-0.15, -0.1) is 0 Å². The molecule has 0 saturated carbocycles. The summed E-state index contributed by atoms with van der Waals surface area (Å²) < 4.78 is 9.55. The number of nitrogens with one attached hydrogen (secondary N) is 1. The van der Waals surface area contributed by atoms with Crippen molar-refractivity contribution in [2.45, 2.75) is 25.0 Å². The molecule has 17 heavy (non-hydrogen) atoms. The molecule has 2 rings (SSSR count). The van der Waals surface area contributed by atoms with Crippen molar-refractivity contribution in [1.82, 2.24) is 15.6 Å². The van der Waals surface area contributed by atoms with Crippen LogP contribution in [0.3, 0.4) is 0 Å². The second kappa shape index (κ2) is 4.30. The lowest BCUT2D eigenvalue weighted by Crippen LogP contribution is -2.47. The van der Waals surface area contributed by atoms with E-state index in [-0.39, 0.29) is 24.2 Å². The summed E-state index contributed by atoms with van der Waals surface area (Å²) in [6, 6.07) is 0. The number of nitrogen functional groups attached to an aromatic ring is 1. The molecular weight excluding hydrogens is 228 g/mol. The number of carbonyl (C=O) groups excluding carboxylic acids is 1. The van der Waals surface area contributed by atoms with Crippen LogP contribution < -0.4 is 11.1 Å². The number of ether oxygens (including phenoxy) is 1.